The van der Waals surface area contributed by atoms with Crippen LogP contribution in [0.25, 0.3) is 21.8 Å². The Morgan fingerprint density at radius 1 is 1.00 bits per heavy atom. The first-order valence-corrected chi connectivity index (χ1v) is 13.2. The summed E-state index contributed by atoms with van der Waals surface area (Å²) in [4.78, 5) is 12.4. The normalized spacial score (nSPS) is 11.5. The second-order valence-corrected chi connectivity index (χ2v) is 9.96. The van der Waals surface area contributed by atoms with Gasteiger partial charge in [0.05, 0.1) is 12.0 Å². The molecule has 0 aliphatic heterocycles. The molecule has 0 radical (unpaired) electrons. The number of aryl methyl sites for hydroxylation is 2. The third-order valence-electron chi connectivity index (χ3n) is 6.12. The minimum absolute atomic E-state index is 0.0983. The number of benzene rings is 3. The van der Waals surface area contributed by atoms with Crippen molar-refractivity contribution in [3.63, 3.8) is 0 Å². The number of carbonyl (C=O) groups is 1. The molecule has 192 valence electrons. The lowest BCUT2D eigenvalue weighted by Gasteiger charge is -2.11. The molecule has 2 aromatic heterocycles. The molecule has 0 atom stereocenters. The number of rotatable bonds is 10. The minimum Gasteiger partial charge on any atom is -0.507 e. The number of phenolic OH excluding ortho intramolecular Hbond substituents is 1. The molecular formula is C29H28N6O2S. The Hall–Kier alpha value is -4.37. The van der Waals surface area contributed by atoms with Crippen LogP contribution in [-0.4, -0.2) is 42.3 Å². The van der Waals surface area contributed by atoms with Crippen LogP contribution in [0, 0.1) is 0 Å². The van der Waals surface area contributed by atoms with Crippen LogP contribution in [0.5, 0.6) is 5.75 Å². The van der Waals surface area contributed by atoms with Crippen molar-refractivity contribution in [1.82, 2.24) is 24.8 Å². The summed E-state index contributed by atoms with van der Waals surface area (Å²) in [5, 5.41) is 25.7. The smallest absolute Gasteiger partial charge is 0.250 e. The molecule has 0 spiro atoms. The molecule has 3 aromatic carbocycles. The standard InChI is InChI=1S/C29H28N6O2S/c1-20(2)18-35-27(15-16-34-24-12-6-4-10-22(24)23-11-5-7-13-25(23)34)31-33-29(35)38-19-28(37)32-30-17-21-9-3-8-14-26(21)36/h3-14,17,36H,1,15-16,18-19H2,2H3,(H,32,37). The zero-order valence-electron chi connectivity index (χ0n) is 21.0. The van der Waals surface area contributed by atoms with Gasteiger partial charge in [0.1, 0.15) is 11.6 Å². The summed E-state index contributed by atoms with van der Waals surface area (Å²) in [6.45, 7) is 7.35. The quantitative estimate of drug-likeness (QED) is 0.114. The van der Waals surface area contributed by atoms with Gasteiger partial charge in [-0.05, 0) is 31.2 Å². The molecule has 2 N–H and O–H groups in total. The van der Waals surface area contributed by atoms with Gasteiger partial charge >= 0.3 is 0 Å². The van der Waals surface area contributed by atoms with E-state index in [0.29, 0.717) is 23.7 Å². The predicted molar refractivity (Wildman–Crippen MR) is 153 cm³/mol. The Labute approximate surface area is 224 Å². The van der Waals surface area contributed by atoms with E-state index < -0.39 is 0 Å². The lowest BCUT2D eigenvalue weighted by molar-refractivity contribution is -0.118. The number of phenols is 1. The monoisotopic (exact) mass is 524 g/mol. The van der Waals surface area contributed by atoms with Gasteiger partial charge in [-0.3, -0.25) is 4.79 Å². The summed E-state index contributed by atoms with van der Waals surface area (Å²) in [6, 6.07) is 23.7. The largest absolute Gasteiger partial charge is 0.507 e. The van der Waals surface area contributed by atoms with Gasteiger partial charge in [0, 0.05) is 46.9 Å². The van der Waals surface area contributed by atoms with E-state index in [1.54, 1.807) is 24.3 Å². The fourth-order valence-corrected chi connectivity index (χ4v) is 5.18. The first kappa shape index (κ1) is 25.3. The number of hydrogen-bond donors (Lipinski definition) is 2. The van der Waals surface area contributed by atoms with Crippen molar-refractivity contribution in [2.24, 2.45) is 5.10 Å². The van der Waals surface area contributed by atoms with Crippen molar-refractivity contribution in [2.45, 2.75) is 31.6 Å². The van der Waals surface area contributed by atoms with Crippen molar-refractivity contribution in [3.05, 3.63) is 96.3 Å². The van der Waals surface area contributed by atoms with Gasteiger partial charge < -0.3 is 14.2 Å². The number of para-hydroxylation sites is 3. The number of aromatic nitrogens is 4. The number of thioether (sulfide) groups is 1. The van der Waals surface area contributed by atoms with Crippen LogP contribution in [-0.2, 0) is 24.3 Å². The third kappa shape index (κ3) is 5.47. The zero-order chi connectivity index (χ0) is 26.5. The summed E-state index contributed by atoms with van der Waals surface area (Å²) < 4.78 is 4.35. The van der Waals surface area contributed by atoms with Crippen LogP contribution in [0.1, 0.15) is 18.3 Å². The Morgan fingerprint density at radius 3 is 2.34 bits per heavy atom. The van der Waals surface area contributed by atoms with Crippen LogP contribution in [0.4, 0.5) is 0 Å². The highest BCUT2D eigenvalue weighted by Crippen LogP contribution is 2.29. The number of allylic oxidation sites excluding steroid dienone is 1. The van der Waals surface area contributed by atoms with Gasteiger partial charge in [0.25, 0.3) is 5.91 Å². The molecular weight excluding hydrogens is 496 g/mol. The average Bonchev–Trinajstić information content (AvgIpc) is 3.45. The van der Waals surface area contributed by atoms with Gasteiger partial charge in [-0.15, -0.1) is 10.2 Å². The summed E-state index contributed by atoms with van der Waals surface area (Å²) in [7, 11) is 0. The number of hydrogen-bond acceptors (Lipinski definition) is 6. The number of fused-ring (bicyclic) bond motifs is 3. The molecule has 38 heavy (non-hydrogen) atoms. The highest BCUT2D eigenvalue weighted by atomic mass is 32.2. The first-order valence-electron chi connectivity index (χ1n) is 12.3. The molecule has 0 saturated carbocycles. The topological polar surface area (TPSA) is 97.3 Å². The Bertz CT molecular complexity index is 1600. The lowest BCUT2D eigenvalue weighted by atomic mass is 10.2. The van der Waals surface area contributed by atoms with E-state index in [9.17, 15) is 9.90 Å². The Balaban J connectivity index is 1.29. The minimum atomic E-state index is -0.279. The van der Waals surface area contributed by atoms with Crippen molar-refractivity contribution in [1.29, 1.82) is 0 Å². The van der Waals surface area contributed by atoms with Crippen LogP contribution in [0.15, 0.2) is 95.2 Å². The molecule has 0 unspecified atom stereocenters. The highest BCUT2D eigenvalue weighted by molar-refractivity contribution is 7.99. The molecule has 0 fully saturated rings. The fourth-order valence-electron chi connectivity index (χ4n) is 4.43. The molecule has 0 aliphatic rings. The van der Waals surface area contributed by atoms with Gasteiger partial charge in [-0.1, -0.05) is 72.4 Å². The maximum atomic E-state index is 12.4. The molecule has 9 heteroatoms. The highest BCUT2D eigenvalue weighted by Gasteiger charge is 2.16. The van der Waals surface area contributed by atoms with Gasteiger partial charge in [0.15, 0.2) is 5.16 Å². The molecule has 5 rings (SSSR count). The van der Waals surface area contributed by atoms with Gasteiger partial charge in [-0.2, -0.15) is 5.10 Å². The van der Waals surface area contributed by atoms with Crippen LogP contribution in [0.2, 0.25) is 0 Å². The van der Waals surface area contributed by atoms with E-state index in [1.807, 2.05) is 11.5 Å². The van der Waals surface area contributed by atoms with Crippen molar-refractivity contribution < 1.29 is 9.90 Å². The molecule has 1 amide bonds. The van der Waals surface area contributed by atoms with Gasteiger partial charge in [0.2, 0.25) is 0 Å². The molecule has 5 aromatic rings. The van der Waals surface area contributed by atoms with E-state index in [2.05, 4.69) is 80.4 Å². The number of nitrogens with one attached hydrogen (secondary N) is 1. The molecule has 8 nitrogen and oxygen atoms in total. The molecule has 0 aliphatic carbocycles. The number of aromatic hydroxyl groups is 1. The van der Waals surface area contributed by atoms with Crippen molar-refractivity contribution in [3.8, 4) is 5.75 Å². The number of carbonyl (C=O) groups excluding carboxylic acids is 1. The summed E-state index contributed by atoms with van der Waals surface area (Å²) in [5.74, 6) is 0.786. The predicted octanol–water partition coefficient (Wildman–Crippen LogP) is 5.15. The Morgan fingerprint density at radius 2 is 1.66 bits per heavy atom. The first-order chi connectivity index (χ1) is 18.5. The lowest BCUT2D eigenvalue weighted by Crippen LogP contribution is -2.20. The van der Waals surface area contributed by atoms with E-state index in [4.69, 9.17) is 0 Å². The van der Waals surface area contributed by atoms with Gasteiger partial charge in [-0.25, -0.2) is 5.43 Å². The number of nitrogens with zero attached hydrogens (tertiary/aromatic N) is 5. The van der Waals surface area contributed by atoms with Crippen molar-refractivity contribution in [2.75, 3.05) is 5.75 Å². The SMILES string of the molecule is C=C(C)Cn1c(CCn2c3ccccc3c3ccccc32)nnc1SCC(=O)NN=Cc1ccccc1O. The summed E-state index contributed by atoms with van der Waals surface area (Å²) in [5.41, 5.74) is 6.37. The van der Waals surface area contributed by atoms with E-state index >= 15 is 0 Å². The zero-order valence-corrected chi connectivity index (χ0v) is 21.9. The van der Waals surface area contributed by atoms with Crippen LogP contribution >= 0.6 is 11.8 Å². The Kier molecular flexibility index (Phi) is 7.55. The average molecular weight is 525 g/mol. The molecule has 0 saturated heterocycles. The maximum Gasteiger partial charge on any atom is 0.250 e. The van der Waals surface area contributed by atoms with Crippen molar-refractivity contribution >= 4 is 45.7 Å². The summed E-state index contributed by atoms with van der Waals surface area (Å²) >= 11 is 1.30. The molecule has 0 bridgehead atoms. The van der Waals surface area contributed by atoms with E-state index in [1.165, 1.54) is 39.8 Å². The molecule has 2 heterocycles. The van der Waals surface area contributed by atoms with E-state index in [-0.39, 0.29) is 17.4 Å². The van der Waals surface area contributed by atoms with Crippen LogP contribution in [0.3, 0.4) is 0 Å². The third-order valence-corrected chi connectivity index (χ3v) is 7.09. The number of amides is 1. The maximum absolute atomic E-state index is 12.4. The second-order valence-electron chi connectivity index (χ2n) is 9.02. The van der Waals surface area contributed by atoms with Crippen LogP contribution < -0.4 is 5.43 Å². The second kappa shape index (κ2) is 11.4. The fraction of sp³-hybridized carbons (Fsp3) is 0.172. The number of hydrazone groups is 1. The van der Waals surface area contributed by atoms with E-state index in [0.717, 1.165) is 17.9 Å². The summed E-state index contributed by atoms with van der Waals surface area (Å²) in [6.07, 6.45) is 2.09.